The molecule has 156 valence electrons. The van der Waals surface area contributed by atoms with Crippen LogP contribution in [0.1, 0.15) is 43.6 Å². The third-order valence-corrected chi connectivity index (χ3v) is 5.63. The number of amides is 2. The molecule has 0 fully saturated rings. The highest BCUT2D eigenvalue weighted by Gasteiger charge is 2.34. The summed E-state index contributed by atoms with van der Waals surface area (Å²) < 4.78 is 5.81. The minimum atomic E-state index is -0.410. The fourth-order valence-electron chi connectivity index (χ4n) is 4.07. The van der Waals surface area contributed by atoms with Gasteiger partial charge < -0.3 is 4.74 Å². The van der Waals surface area contributed by atoms with Crippen LogP contribution in [0.25, 0.3) is 10.8 Å². The van der Waals surface area contributed by atoms with Gasteiger partial charge in [0.2, 0.25) is 0 Å². The van der Waals surface area contributed by atoms with Gasteiger partial charge in [-0.25, -0.2) is 4.90 Å². The Morgan fingerprint density at radius 2 is 1.47 bits per heavy atom. The van der Waals surface area contributed by atoms with Crippen molar-refractivity contribution in [3.8, 4) is 5.75 Å². The molecule has 4 aromatic carbocycles. The maximum Gasteiger partial charge on any atom is 0.265 e. The first-order valence-electron chi connectivity index (χ1n) is 10.3. The normalized spacial score (nSPS) is 12.8. The molecule has 1 heterocycles. The lowest BCUT2D eigenvalue weighted by atomic mass is 9.90. The molecule has 0 aromatic heterocycles. The van der Waals surface area contributed by atoms with E-state index in [4.69, 9.17) is 4.74 Å². The van der Waals surface area contributed by atoms with E-state index in [9.17, 15) is 14.4 Å². The topological polar surface area (TPSA) is 63.7 Å². The SMILES string of the molecule is CC(=O)c1ccc2c3c(cccc13)C(=O)N(c1ccc(OCc3ccccc3)cc1)C2=O. The van der Waals surface area contributed by atoms with Crippen molar-refractivity contribution in [2.24, 2.45) is 0 Å². The zero-order chi connectivity index (χ0) is 22.2. The predicted octanol–water partition coefficient (Wildman–Crippen LogP) is 5.42. The Kier molecular flexibility index (Phi) is 4.79. The molecule has 5 nitrogen and oxygen atoms in total. The van der Waals surface area contributed by atoms with Gasteiger partial charge in [-0.3, -0.25) is 14.4 Å². The molecular weight excluding hydrogens is 402 g/mol. The summed E-state index contributed by atoms with van der Waals surface area (Å²) >= 11 is 0. The molecule has 32 heavy (non-hydrogen) atoms. The largest absolute Gasteiger partial charge is 0.489 e. The molecule has 5 heteroatoms. The summed E-state index contributed by atoms with van der Waals surface area (Å²) in [6.45, 7) is 1.90. The maximum absolute atomic E-state index is 13.3. The Bertz CT molecular complexity index is 1350. The standard InChI is InChI=1S/C27H19NO4/c1-17(29)21-14-15-24-25-22(21)8-5-9-23(25)26(30)28(27(24)31)19-10-12-20(13-11-19)32-16-18-6-3-2-4-7-18/h2-15H,16H2,1H3. The van der Waals surface area contributed by atoms with Gasteiger partial charge in [-0.15, -0.1) is 0 Å². The fraction of sp³-hybridized carbons (Fsp3) is 0.0741. The smallest absolute Gasteiger partial charge is 0.265 e. The number of hydrogen-bond acceptors (Lipinski definition) is 4. The number of anilines is 1. The van der Waals surface area contributed by atoms with E-state index < -0.39 is 11.8 Å². The highest BCUT2D eigenvalue weighted by molar-refractivity contribution is 6.36. The van der Waals surface area contributed by atoms with Gasteiger partial charge in [-0.05, 0) is 60.3 Å². The fourth-order valence-corrected chi connectivity index (χ4v) is 4.07. The first kappa shape index (κ1) is 19.7. The molecule has 0 radical (unpaired) electrons. The first-order valence-corrected chi connectivity index (χ1v) is 10.3. The molecule has 0 unspecified atom stereocenters. The molecule has 0 bridgehead atoms. The van der Waals surface area contributed by atoms with Crippen LogP contribution in [-0.4, -0.2) is 17.6 Å². The van der Waals surface area contributed by atoms with Crippen molar-refractivity contribution in [1.82, 2.24) is 0 Å². The molecule has 0 spiro atoms. The number of hydrogen-bond donors (Lipinski definition) is 0. The molecule has 0 N–H and O–H groups in total. The van der Waals surface area contributed by atoms with E-state index >= 15 is 0 Å². The lowest BCUT2D eigenvalue weighted by Crippen LogP contribution is -2.40. The number of rotatable bonds is 5. The van der Waals surface area contributed by atoms with E-state index in [2.05, 4.69) is 0 Å². The Morgan fingerprint density at radius 3 is 2.16 bits per heavy atom. The molecule has 1 aliphatic heterocycles. The van der Waals surface area contributed by atoms with Crippen LogP contribution < -0.4 is 9.64 Å². The van der Waals surface area contributed by atoms with Gasteiger partial charge in [-0.2, -0.15) is 0 Å². The van der Waals surface area contributed by atoms with Crippen LogP contribution >= 0.6 is 0 Å². The van der Waals surface area contributed by atoms with Crippen LogP contribution in [0.2, 0.25) is 0 Å². The molecule has 0 saturated heterocycles. The van der Waals surface area contributed by atoms with Crippen LogP contribution in [0, 0.1) is 0 Å². The summed E-state index contributed by atoms with van der Waals surface area (Å²) in [6, 6.07) is 25.2. The molecule has 0 saturated carbocycles. The molecule has 4 aromatic rings. The zero-order valence-electron chi connectivity index (χ0n) is 17.4. The molecule has 5 rings (SSSR count). The lowest BCUT2D eigenvalue weighted by molar-refractivity contribution is 0.0891. The molecule has 0 atom stereocenters. The highest BCUT2D eigenvalue weighted by Crippen LogP contribution is 2.35. The lowest BCUT2D eigenvalue weighted by Gasteiger charge is -2.27. The number of Topliss-reactive ketones (excluding diaryl/α,β-unsaturated/α-hetero) is 1. The van der Waals surface area contributed by atoms with E-state index in [0.29, 0.717) is 45.5 Å². The number of carbonyl (C=O) groups is 3. The third kappa shape index (κ3) is 3.24. The van der Waals surface area contributed by atoms with E-state index in [0.717, 1.165) is 5.56 Å². The van der Waals surface area contributed by atoms with Crippen molar-refractivity contribution in [2.45, 2.75) is 13.5 Å². The first-order chi connectivity index (χ1) is 15.5. The van der Waals surface area contributed by atoms with Gasteiger partial charge in [0.1, 0.15) is 12.4 Å². The number of imide groups is 1. The summed E-state index contributed by atoms with van der Waals surface area (Å²) in [4.78, 5) is 39.8. The second kappa shape index (κ2) is 7.78. The summed E-state index contributed by atoms with van der Waals surface area (Å²) in [5.41, 5.74) is 2.83. The van der Waals surface area contributed by atoms with Crippen LogP contribution in [0.15, 0.2) is 84.9 Å². The van der Waals surface area contributed by atoms with Gasteiger partial charge in [0.15, 0.2) is 5.78 Å². The second-order valence-electron chi connectivity index (χ2n) is 7.66. The third-order valence-electron chi connectivity index (χ3n) is 5.63. The second-order valence-corrected chi connectivity index (χ2v) is 7.66. The molecule has 1 aliphatic rings. The molecule has 2 amide bonds. The monoisotopic (exact) mass is 421 g/mol. The Morgan fingerprint density at radius 1 is 0.781 bits per heavy atom. The van der Waals surface area contributed by atoms with Crippen molar-refractivity contribution in [3.05, 3.63) is 107 Å². The van der Waals surface area contributed by atoms with Crippen LogP contribution in [-0.2, 0) is 6.61 Å². The van der Waals surface area contributed by atoms with Crippen LogP contribution in [0.3, 0.4) is 0 Å². The Balaban J connectivity index is 1.47. The maximum atomic E-state index is 13.3. The number of benzene rings is 4. The number of nitrogens with zero attached hydrogens (tertiary/aromatic N) is 1. The van der Waals surface area contributed by atoms with Crippen molar-refractivity contribution < 1.29 is 19.1 Å². The van der Waals surface area contributed by atoms with Crippen molar-refractivity contribution in [1.29, 1.82) is 0 Å². The summed E-state index contributed by atoms with van der Waals surface area (Å²) in [7, 11) is 0. The highest BCUT2D eigenvalue weighted by atomic mass is 16.5. The number of carbonyl (C=O) groups excluding carboxylic acids is 3. The zero-order valence-corrected chi connectivity index (χ0v) is 17.4. The summed E-state index contributed by atoms with van der Waals surface area (Å²) in [6.07, 6.45) is 0. The predicted molar refractivity (Wildman–Crippen MR) is 122 cm³/mol. The van der Waals surface area contributed by atoms with Gasteiger partial charge in [0, 0.05) is 22.1 Å². The average Bonchev–Trinajstić information content (AvgIpc) is 2.82. The van der Waals surface area contributed by atoms with Crippen molar-refractivity contribution >= 4 is 34.1 Å². The van der Waals surface area contributed by atoms with Gasteiger partial charge in [0.05, 0.1) is 5.69 Å². The van der Waals surface area contributed by atoms with Gasteiger partial charge >= 0.3 is 0 Å². The molecule has 0 aliphatic carbocycles. The molecular formula is C27H19NO4. The van der Waals surface area contributed by atoms with E-state index in [-0.39, 0.29) is 5.78 Å². The quantitative estimate of drug-likeness (QED) is 0.319. The Labute approximate surface area is 184 Å². The van der Waals surface area contributed by atoms with Crippen molar-refractivity contribution in [3.63, 3.8) is 0 Å². The summed E-state index contributed by atoms with van der Waals surface area (Å²) in [5.74, 6) is -0.288. The minimum absolute atomic E-state index is 0.109. The van der Waals surface area contributed by atoms with E-state index in [1.807, 2.05) is 30.3 Å². The number of ether oxygens (including phenoxy) is 1. The van der Waals surface area contributed by atoms with Gasteiger partial charge in [0.25, 0.3) is 11.8 Å². The number of ketones is 1. The van der Waals surface area contributed by atoms with Crippen molar-refractivity contribution in [2.75, 3.05) is 4.90 Å². The van der Waals surface area contributed by atoms with Gasteiger partial charge in [-0.1, -0.05) is 42.5 Å². The van der Waals surface area contributed by atoms with E-state index in [1.54, 1.807) is 54.6 Å². The van der Waals surface area contributed by atoms with Crippen LogP contribution in [0.4, 0.5) is 5.69 Å². The minimum Gasteiger partial charge on any atom is -0.489 e. The van der Waals surface area contributed by atoms with Crippen LogP contribution in [0.5, 0.6) is 5.75 Å². The Hall–Kier alpha value is -4.25. The van der Waals surface area contributed by atoms with E-state index in [1.165, 1.54) is 11.8 Å². The average molecular weight is 421 g/mol. The summed E-state index contributed by atoms with van der Waals surface area (Å²) in [5, 5.41) is 1.16.